The topological polar surface area (TPSA) is 65.7 Å². The van der Waals surface area contributed by atoms with Crippen molar-refractivity contribution in [3.05, 3.63) is 101 Å². The van der Waals surface area contributed by atoms with Crippen LogP contribution in [0, 0.1) is 0 Å². The van der Waals surface area contributed by atoms with E-state index >= 15 is 0 Å². The van der Waals surface area contributed by atoms with E-state index in [0.717, 1.165) is 26.9 Å². The van der Waals surface area contributed by atoms with E-state index in [1.165, 1.54) is 6.07 Å². The summed E-state index contributed by atoms with van der Waals surface area (Å²) in [5.41, 5.74) is 0.576. The maximum absolute atomic E-state index is 12.4. The Bertz CT molecular complexity index is 1480. The average Bonchev–Trinajstić information content (AvgIpc) is 2.80. The lowest BCUT2D eigenvalue weighted by molar-refractivity contribution is -0.147. The zero-order valence-electron chi connectivity index (χ0n) is 16.5. The van der Waals surface area contributed by atoms with Crippen LogP contribution in [0.5, 0.6) is 5.75 Å². The molecule has 5 rings (SSSR count). The Morgan fingerprint density at radius 2 is 1.52 bits per heavy atom. The van der Waals surface area contributed by atoms with Gasteiger partial charge in [-0.2, -0.15) is 0 Å². The minimum atomic E-state index is -0.519. The van der Waals surface area contributed by atoms with Crippen molar-refractivity contribution in [2.45, 2.75) is 6.61 Å². The van der Waals surface area contributed by atoms with Crippen LogP contribution in [0.3, 0.4) is 0 Å². The third-order valence-corrected chi connectivity index (χ3v) is 5.20. The van der Waals surface area contributed by atoms with Gasteiger partial charge in [-0.1, -0.05) is 66.7 Å². The Balaban J connectivity index is 1.36. The molecule has 152 valence electrons. The van der Waals surface area contributed by atoms with Gasteiger partial charge in [0.1, 0.15) is 17.9 Å². The zero-order valence-corrected chi connectivity index (χ0v) is 16.5. The van der Waals surface area contributed by atoms with Gasteiger partial charge in [-0.05, 0) is 28.3 Å². The van der Waals surface area contributed by atoms with E-state index < -0.39 is 11.6 Å². The van der Waals surface area contributed by atoms with Crippen LogP contribution in [0.15, 0.2) is 94.1 Å². The van der Waals surface area contributed by atoms with Crippen molar-refractivity contribution in [1.29, 1.82) is 0 Å². The van der Waals surface area contributed by atoms with Crippen LogP contribution >= 0.6 is 0 Å². The fraction of sp³-hybridized carbons (Fsp3) is 0.0769. The summed E-state index contributed by atoms with van der Waals surface area (Å²) in [6.45, 7) is -0.276. The first-order valence-electron chi connectivity index (χ1n) is 9.90. The maximum atomic E-state index is 12.4. The lowest BCUT2D eigenvalue weighted by Crippen LogP contribution is -2.15. The van der Waals surface area contributed by atoms with Crippen molar-refractivity contribution in [2.75, 3.05) is 6.61 Å². The SMILES string of the molecule is O=C(COc1cccc2ccccc12)OCc1cc(=O)oc2ccc3ccccc3c12. The number of hydrogen-bond acceptors (Lipinski definition) is 5. The van der Waals surface area contributed by atoms with Crippen molar-refractivity contribution < 1.29 is 18.7 Å². The summed E-state index contributed by atoms with van der Waals surface area (Å²) in [5.74, 6) is 0.0985. The van der Waals surface area contributed by atoms with Gasteiger partial charge < -0.3 is 13.9 Å². The van der Waals surface area contributed by atoms with Crippen LogP contribution in [-0.2, 0) is 16.1 Å². The molecule has 1 heterocycles. The summed E-state index contributed by atoms with van der Waals surface area (Å²) in [4.78, 5) is 24.3. The molecule has 0 bridgehead atoms. The van der Waals surface area contributed by atoms with Crippen molar-refractivity contribution in [3.8, 4) is 5.75 Å². The average molecular weight is 410 g/mol. The molecule has 0 aliphatic heterocycles. The quantitative estimate of drug-likeness (QED) is 0.226. The van der Waals surface area contributed by atoms with Crippen LogP contribution in [0.1, 0.15) is 5.56 Å². The highest BCUT2D eigenvalue weighted by atomic mass is 16.6. The first kappa shape index (κ1) is 18.9. The molecular weight excluding hydrogens is 392 g/mol. The summed E-state index contributed by atoms with van der Waals surface area (Å²) in [6, 6.07) is 26.3. The number of benzene rings is 4. The van der Waals surface area contributed by atoms with E-state index in [1.54, 1.807) is 6.07 Å². The van der Waals surface area contributed by atoms with Gasteiger partial charge >= 0.3 is 11.6 Å². The van der Waals surface area contributed by atoms with Gasteiger partial charge in [-0.15, -0.1) is 0 Å². The smallest absolute Gasteiger partial charge is 0.344 e. The van der Waals surface area contributed by atoms with Gasteiger partial charge in [0.2, 0.25) is 0 Å². The van der Waals surface area contributed by atoms with Gasteiger partial charge in [0.05, 0.1) is 0 Å². The Morgan fingerprint density at radius 1 is 0.806 bits per heavy atom. The lowest BCUT2D eigenvalue weighted by Gasteiger charge is -2.11. The molecule has 0 radical (unpaired) electrons. The summed E-state index contributed by atoms with van der Waals surface area (Å²) < 4.78 is 16.5. The van der Waals surface area contributed by atoms with Crippen LogP contribution in [-0.4, -0.2) is 12.6 Å². The van der Waals surface area contributed by atoms with E-state index in [9.17, 15) is 9.59 Å². The maximum Gasteiger partial charge on any atom is 0.344 e. The van der Waals surface area contributed by atoms with E-state index in [2.05, 4.69) is 0 Å². The first-order chi connectivity index (χ1) is 15.2. The largest absolute Gasteiger partial charge is 0.481 e. The lowest BCUT2D eigenvalue weighted by atomic mass is 10.0. The van der Waals surface area contributed by atoms with Crippen LogP contribution in [0.25, 0.3) is 32.5 Å². The number of hydrogen-bond donors (Lipinski definition) is 0. The highest BCUT2D eigenvalue weighted by Crippen LogP contribution is 2.28. The first-order valence-corrected chi connectivity index (χ1v) is 9.90. The Morgan fingerprint density at radius 3 is 2.35 bits per heavy atom. The predicted octanol–water partition coefficient (Wildman–Crippen LogP) is 5.22. The van der Waals surface area contributed by atoms with E-state index in [-0.39, 0.29) is 13.2 Å². The minimum absolute atomic E-state index is 0.0478. The molecule has 0 spiro atoms. The fourth-order valence-corrected chi connectivity index (χ4v) is 3.79. The number of esters is 1. The third kappa shape index (κ3) is 3.73. The zero-order chi connectivity index (χ0) is 21.2. The van der Waals surface area contributed by atoms with Gasteiger partial charge in [0.15, 0.2) is 6.61 Å². The van der Waals surface area contributed by atoms with E-state index in [4.69, 9.17) is 13.9 Å². The minimum Gasteiger partial charge on any atom is -0.481 e. The van der Waals surface area contributed by atoms with Gasteiger partial charge in [0.25, 0.3) is 0 Å². The van der Waals surface area contributed by atoms with Crippen molar-refractivity contribution in [3.63, 3.8) is 0 Å². The summed E-state index contributed by atoms with van der Waals surface area (Å²) in [6.07, 6.45) is 0. The molecule has 5 heteroatoms. The van der Waals surface area contributed by atoms with Crippen LogP contribution < -0.4 is 10.4 Å². The third-order valence-electron chi connectivity index (χ3n) is 5.20. The van der Waals surface area contributed by atoms with Gasteiger partial charge in [-0.25, -0.2) is 9.59 Å². The van der Waals surface area contributed by atoms with Crippen molar-refractivity contribution in [1.82, 2.24) is 0 Å². The number of fused-ring (bicyclic) bond motifs is 4. The molecule has 1 aromatic heterocycles. The predicted molar refractivity (Wildman–Crippen MR) is 119 cm³/mol. The second kappa shape index (κ2) is 7.95. The molecule has 0 amide bonds. The Kier molecular flexibility index (Phi) is 4.84. The van der Waals surface area contributed by atoms with Crippen LogP contribution in [0.2, 0.25) is 0 Å². The monoisotopic (exact) mass is 410 g/mol. The molecular formula is C26H18O5. The summed E-state index contributed by atoms with van der Waals surface area (Å²) in [7, 11) is 0. The number of carbonyl (C=O) groups is 1. The standard InChI is InChI=1S/C26H18O5/c27-24-14-19(26-21-10-4-2-7-18(21)12-13-23(26)31-24)15-30-25(28)16-29-22-11-5-8-17-6-1-3-9-20(17)22/h1-14H,15-16H2. The molecule has 0 unspecified atom stereocenters. The van der Waals surface area contributed by atoms with Crippen molar-refractivity contribution in [2.24, 2.45) is 0 Å². The molecule has 0 fully saturated rings. The summed E-state index contributed by atoms with van der Waals surface area (Å²) in [5, 5.41) is 4.66. The Hall–Kier alpha value is -4.12. The molecule has 5 nitrogen and oxygen atoms in total. The second-order valence-electron chi connectivity index (χ2n) is 7.18. The number of ether oxygens (including phenoxy) is 2. The Labute approximate surface area is 177 Å². The summed E-state index contributed by atoms with van der Waals surface area (Å²) >= 11 is 0. The van der Waals surface area contributed by atoms with Crippen molar-refractivity contribution >= 4 is 38.5 Å². The number of rotatable bonds is 5. The fourth-order valence-electron chi connectivity index (χ4n) is 3.79. The molecule has 0 aliphatic rings. The molecule has 5 aromatic rings. The molecule has 0 N–H and O–H groups in total. The molecule has 0 saturated carbocycles. The van der Waals surface area contributed by atoms with Gasteiger partial charge in [0, 0.05) is 22.4 Å². The normalized spacial score (nSPS) is 11.1. The molecule has 0 saturated heterocycles. The molecule has 31 heavy (non-hydrogen) atoms. The molecule has 4 aromatic carbocycles. The van der Waals surface area contributed by atoms with E-state index in [1.807, 2.05) is 72.8 Å². The number of carbonyl (C=O) groups excluding carboxylic acids is 1. The molecule has 0 atom stereocenters. The molecule has 0 aliphatic carbocycles. The second-order valence-corrected chi connectivity index (χ2v) is 7.18. The van der Waals surface area contributed by atoms with Gasteiger partial charge in [-0.3, -0.25) is 0 Å². The van der Waals surface area contributed by atoms with Crippen LogP contribution in [0.4, 0.5) is 0 Å². The highest BCUT2D eigenvalue weighted by Gasteiger charge is 2.13. The highest BCUT2D eigenvalue weighted by molar-refractivity contribution is 6.07. The van der Waals surface area contributed by atoms with E-state index in [0.29, 0.717) is 16.9 Å².